The molecule has 0 saturated heterocycles. The molecule has 0 bridgehead atoms. The van der Waals surface area contributed by atoms with Crippen LogP contribution < -0.4 is 15.6 Å². The summed E-state index contributed by atoms with van der Waals surface area (Å²) in [5.74, 6) is -4.14. The zero-order valence-corrected chi connectivity index (χ0v) is 19.4. The molecule has 0 fully saturated rings. The summed E-state index contributed by atoms with van der Waals surface area (Å²) in [5, 5.41) is 2.82. The van der Waals surface area contributed by atoms with Crippen LogP contribution in [0.3, 0.4) is 0 Å². The molecule has 6 nitrogen and oxygen atoms in total. The van der Waals surface area contributed by atoms with Crippen molar-refractivity contribution in [1.29, 1.82) is 0 Å². The Hall–Kier alpha value is -4.15. The lowest BCUT2D eigenvalue weighted by molar-refractivity contribution is 0.150. The number of benzene rings is 2. The number of halogens is 5. The van der Waals surface area contributed by atoms with E-state index in [1.165, 1.54) is 14.0 Å². The van der Waals surface area contributed by atoms with Gasteiger partial charge >= 0.3 is 0 Å². The molecular weight excluding hydrogens is 483 g/mol. The summed E-state index contributed by atoms with van der Waals surface area (Å²) in [6, 6.07) is 6.27. The number of ether oxygens (including phenoxy) is 1. The molecule has 188 valence electrons. The molecule has 0 aliphatic rings. The second-order valence-corrected chi connectivity index (χ2v) is 8.11. The third kappa shape index (κ3) is 4.81. The highest BCUT2D eigenvalue weighted by Crippen LogP contribution is 2.30. The number of nitrogens with zero attached hydrogens (tertiary/aromatic N) is 3. The predicted octanol–water partition coefficient (Wildman–Crippen LogP) is 6.06. The Kier molecular flexibility index (Phi) is 6.82. The molecule has 0 aliphatic heterocycles. The first-order valence-corrected chi connectivity index (χ1v) is 10.7. The standard InChI is InChI=1S/C25H21F5N4O2/c1-13-10-33(12-31-13)21-5-4-17(9-22(21)36-3)32-20-8-16(24(29)30)11-34(25(20)35)14(2)15-6-18(26)23(28)19(27)7-15/h4-12,14,24,32H,1-3H3/t14-/m0/s1. The van der Waals surface area contributed by atoms with Crippen LogP contribution in [-0.4, -0.2) is 21.2 Å². The highest BCUT2D eigenvalue weighted by Gasteiger charge is 2.21. The van der Waals surface area contributed by atoms with Gasteiger partial charge in [0.1, 0.15) is 11.4 Å². The van der Waals surface area contributed by atoms with Crippen molar-refractivity contribution >= 4 is 11.4 Å². The second kappa shape index (κ2) is 9.84. The Bertz CT molecular complexity index is 1460. The van der Waals surface area contributed by atoms with Crippen LogP contribution in [0.5, 0.6) is 5.75 Å². The van der Waals surface area contributed by atoms with Gasteiger partial charge in [-0.3, -0.25) is 4.79 Å². The van der Waals surface area contributed by atoms with Crippen LogP contribution in [0, 0.1) is 24.4 Å². The highest BCUT2D eigenvalue weighted by molar-refractivity contribution is 5.65. The maximum Gasteiger partial charge on any atom is 0.274 e. The Morgan fingerprint density at radius 2 is 1.69 bits per heavy atom. The molecule has 36 heavy (non-hydrogen) atoms. The van der Waals surface area contributed by atoms with E-state index in [0.29, 0.717) is 17.1 Å². The van der Waals surface area contributed by atoms with E-state index in [2.05, 4.69) is 10.3 Å². The van der Waals surface area contributed by atoms with E-state index < -0.39 is 41.0 Å². The van der Waals surface area contributed by atoms with Crippen molar-refractivity contribution in [3.63, 3.8) is 0 Å². The first kappa shape index (κ1) is 25.0. The third-order valence-electron chi connectivity index (χ3n) is 5.67. The number of methoxy groups -OCH3 is 1. The van der Waals surface area contributed by atoms with Crippen LogP contribution in [-0.2, 0) is 0 Å². The Labute approximate surface area is 202 Å². The van der Waals surface area contributed by atoms with Crippen LogP contribution in [0.2, 0.25) is 0 Å². The molecule has 1 N–H and O–H groups in total. The smallest absolute Gasteiger partial charge is 0.274 e. The molecule has 0 saturated carbocycles. The monoisotopic (exact) mass is 504 g/mol. The maximum atomic E-state index is 13.8. The number of imidazole rings is 1. The zero-order chi connectivity index (χ0) is 26.1. The molecule has 4 rings (SSSR count). The molecule has 2 aromatic carbocycles. The Morgan fingerprint density at radius 1 is 1.00 bits per heavy atom. The summed E-state index contributed by atoms with van der Waals surface area (Å²) in [6.07, 6.45) is 1.37. The Balaban J connectivity index is 1.75. The van der Waals surface area contributed by atoms with Gasteiger partial charge in [0, 0.05) is 29.7 Å². The van der Waals surface area contributed by atoms with E-state index in [-0.39, 0.29) is 11.3 Å². The van der Waals surface area contributed by atoms with E-state index >= 15 is 0 Å². The number of rotatable bonds is 7. The predicted molar refractivity (Wildman–Crippen MR) is 124 cm³/mol. The van der Waals surface area contributed by atoms with Gasteiger partial charge in [-0.05, 0) is 49.7 Å². The molecule has 2 aromatic heterocycles. The fourth-order valence-corrected chi connectivity index (χ4v) is 3.77. The molecule has 2 heterocycles. The first-order valence-electron chi connectivity index (χ1n) is 10.7. The van der Waals surface area contributed by atoms with Gasteiger partial charge in [-0.15, -0.1) is 0 Å². The molecule has 0 radical (unpaired) electrons. The van der Waals surface area contributed by atoms with Crippen LogP contribution in [0.1, 0.15) is 36.2 Å². The number of aromatic nitrogens is 3. The minimum atomic E-state index is -2.94. The summed E-state index contributed by atoms with van der Waals surface area (Å²) in [6.45, 7) is 3.22. The van der Waals surface area contributed by atoms with Gasteiger partial charge in [0.05, 0.1) is 30.9 Å². The number of pyridine rings is 1. The van der Waals surface area contributed by atoms with Gasteiger partial charge in [0.2, 0.25) is 0 Å². The Morgan fingerprint density at radius 3 is 2.28 bits per heavy atom. The van der Waals surface area contributed by atoms with Crippen LogP contribution in [0.15, 0.2) is 59.9 Å². The lowest BCUT2D eigenvalue weighted by Gasteiger charge is -2.20. The number of aryl methyl sites for hydroxylation is 1. The van der Waals surface area contributed by atoms with E-state index in [1.807, 2.05) is 6.92 Å². The van der Waals surface area contributed by atoms with E-state index in [4.69, 9.17) is 4.74 Å². The number of alkyl halides is 2. The number of hydrogen-bond acceptors (Lipinski definition) is 4. The third-order valence-corrected chi connectivity index (χ3v) is 5.67. The number of anilines is 2. The van der Waals surface area contributed by atoms with Crippen molar-refractivity contribution in [2.24, 2.45) is 0 Å². The molecule has 1 atom stereocenters. The van der Waals surface area contributed by atoms with Crippen LogP contribution in [0.4, 0.5) is 33.3 Å². The maximum absolute atomic E-state index is 13.8. The molecule has 4 aromatic rings. The summed E-state index contributed by atoms with van der Waals surface area (Å²) < 4.78 is 76.3. The molecule has 0 aliphatic carbocycles. The van der Waals surface area contributed by atoms with Crippen molar-refractivity contribution in [1.82, 2.24) is 14.1 Å². The lowest BCUT2D eigenvalue weighted by atomic mass is 10.1. The van der Waals surface area contributed by atoms with E-state index in [9.17, 15) is 26.7 Å². The van der Waals surface area contributed by atoms with Crippen molar-refractivity contribution in [2.75, 3.05) is 12.4 Å². The molecular formula is C25H21F5N4O2. The summed E-state index contributed by atoms with van der Waals surface area (Å²) in [4.78, 5) is 17.4. The first-order chi connectivity index (χ1) is 17.1. The average Bonchev–Trinajstić information content (AvgIpc) is 3.28. The SMILES string of the molecule is COc1cc(Nc2cc(C(F)F)cn([C@@H](C)c3cc(F)c(F)c(F)c3)c2=O)ccc1-n1cnc(C)c1. The number of nitrogens with one attached hydrogen (secondary N) is 1. The van der Waals surface area contributed by atoms with E-state index in [0.717, 1.165) is 34.7 Å². The second-order valence-electron chi connectivity index (χ2n) is 8.11. The fourth-order valence-electron chi connectivity index (χ4n) is 3.77. The van der Waals surface area contributed by atoms with Gasteiger partial charge in [-0.1, -0.05) is 0 Å². The van der Waals surface area contributed by atoms with Gasteiger partial charge in [0.25, 0.3) is 12.0 Å². The minimum absolute atomic E-state index is 0.104. The lowest BCUT2D eigenvalue weighted by Crippen LogP contribution is -2.26. The average molecular weight is 504 g/mol. The van der Waals surface area contributed by atoms with Gasteiger partial charge in [0.15, 0.2) is 17.5 Å². The minimum Gasteiger partial charge on any atom is -0.494 e. The number of hydrogen-bond donors (Lipinski definition) is 1. The normalized spacial score (nSPS) is 12.1. The summed E-state index contributed by atoms with van der Waals surface area (Å²) in [5.41, 5.74) is 0.294. The van der Waals surface area contributed by atoms with E-state index in [1.54, 1.807) is 35.3 Å². The van der Waals surface area contributed by atoms with Gasteiger partial charge in [-0.25, -0.2) is 26.9 Å². The largest absolute Gasteiger partial charge is 0.494 e. The van der Waals surface area contributed by atoms with Gasteiger partial charge < -0.3 is 19.2 Å². The van der Waals surface area contributed by atoms with Gasteiger partial charge in [-0.2, -0.15) is 0 Å². The van der Waals surface area contributed by atoms with Crippen molar-refractivity contribution in [2.45, 2.75) is 26.3 Å². The molecule has 0 spiro atoms. The van der Waals surface area contributed by atoms with Crippen LogP contribution in [0.25, 0.3) is 5.69 Å². The summed E-state index contributed by atoms with van der Waals surface area (Å²) >= 11 is 0. The fraction of sp³-hybridized carbons (Fsp3) is 0.200. The zero-order valence-electron chi connectivity index (χ0n) is 19.4. The molecule has 0 amide bonds. The van der Waals surface area contributed by atoms with Crippen LogP contribution >= 0.6 is 0 Å². The van der Waals surface area contributed by atoms with Crippen molar-refractivity contribution in [3.05, 3.63) is 99.7 Å². The molecule has 11 heteroatoms. The highest BCUT2D eigenvalue weighted by atomic mass is 19.3. The summed E-state index contributed by atoms with van der Waals surface area (Å²) in [7, 11) is 1.46. The van der Waals surface area contributed by atoms with Crippen molar-refractivity contribution in [3.8, 4) is 11.4 Å². The quantitative estimate of drug-likeness (QED) is 0.246. The molecule has 0 unspecified atom stereocenters. The van der Waals surface area contributed by atoms with Crippen molar-refractivity contribution < 1.29 is 26.7 Å². The topological polar surface area (TPSA) is 61.1 Å².